The number of nitrogens with two attached hydrogens (primary N) is 1. The van der Waals surface area contributed by atoms with E-state index >= 15 is 0 Å². The van der Waals surface area contributed by atoms with Gasteiger partial charge >= 0.3 is 0 Å². The molecule has 2 N–H and O–H groups in total. The maximum atomic E-state index is 6.21. The molecule has 2 aliphatic carbocycles. The SMILES string of the molecule is NC(CN1CCN(C2CCCC2)CC1)C1CC1. The van der Waals surface area contributed by atoms with E-state index < -0.39 is 0 Å². The molecule has 3 rings (SSSR count). The van der Waals surface area contributed by atoms with Crippen molar-refractivity contribution >= 4 is 0 Å². The maximum absolute atomic E-state index is 6.21. The van der Waals surface area contributed by atoms with Crippen LogP contribution in [0.2, 0.25) is 0 Å². The fourth-order valence-electron chi connectivity index (χ4n) is 3.55. The topological polar surface area (TPSA) is 32.5 Å². The largest absolute Gasteiger partial charge is 0.326 e. The molecular weight excluding hydrogens is 210 g/mol. The highest BCUT2D eigenvalue weighted by Crippen LogP contribution is 2.32. The first kappa shape index (κ1) is 11.9. The predicted octanol–water partition coefficient (Wildman–Crippen LogP) is 1.28. The molecule has 17 heavy (non-hydrogen) atoms. The lowest BCUT2D eigenvalue weighted by Crippen LogP contribution is -2.52. The lowest BCUT2D eigenvalue weighted by atomic mass is 10.1. The molecule has 1 aliphatic heterocycles. The Morgan fingerprint density at radius 1 is 0.941 bits per heavy atom. The molecule has 0 aromatic rings. The van der Waals surface area contributed by atoms with E-state index in [4.69, 9.17) is 5.73 Å². The second kappa shape index (κ2) is 5.25. The zero-order valence-electron chi connectivity index (χ0n) is 11.0. The molecule has 0 amide bonds. The Morgan fingerprint density at radius 3 is 2.18 bits per heavy atom. The van der Waals surface area contributed by atoms with Crippen LogP contribution in [0.25, 0.3) is 0 Å². The van der Waals surface area contributed by atoms with Crippen LogP contribution in [0.3, 0.4) is 0 Å². The summed E-state index contributed by atoms with van der Waals surface area (Å²) in [6, 6.07) is 1.36. The van der Waals surface area contributed by atoms with Crippen molar-refractivity contribution in [3.63, 3.8) is 0 Å². The minimum atomic E-state index is 0.452. The summed E-state index contributed by atoms with van der Waals surface area (Å²) in [6.07, 6.45) is 8.56. The molecule has 3 heteroatoms. The van der Waals surface area contributed by atoms with Crippen LogP contribution in [0.4, 0.5) is 0 Å². The van der Waals surface area contributed by atoms with Crippen LogP contribution < -0.4 is 5.73 Å². The predicted molar refractivity (Wildman–Crippen MR) is 71.0 cm³/mol. The van der Waals surface area contributed by atoms with Gasteiger partial charge in [-0.05, 0) is 31.6 Å². The fraction of sp³-hybridized carbons (Fsp3) is 1.00. The molecule has 0 bridgehead atoms. The van der Waals surface area contributed by atoms with Gasteiger partial charge in [-0.15, -0.1) is 0 Å². The quantitative estimate of drug-likeness (QED) is 0.799. The summed E-state index contributed by atoms with van der Waals surface area (Å²) in [5.74, 6) is 0.850. The second-order valence-corrected chi connectivity index (χ2v) is 6.28. The van der Waals surface area contributed by atoms with Crippen molar-refractivity contribution in [2.45, 2.75) is 50.6 Å². The standard InChI is InChI=1S/C14H27N3/c15-14(12-5-6-12)11-16-7-9-17(10-8-16)13-3-1-2-4-13/h12-14H,1-11,15H2. The third-order valence-electron chi connectivity index (χ3n) is 4.94. The van der Waals surface area contributed by atoms with Gasteiger partial charge in [-0.2, -0.15) is 0 Å². The molecular formula is C14H27N3. The Morgan fingerprint density at radius 2 is 1.59 bits per heavy atom. The first-order valence-electron chi connectivity index (χ1n) is 7.55. The number of piperazine rings is 1. The molecule has 0 aromatic heterocycles. The summed E-state index contributed by atoms with van der Waals surface area (Å²) in [6.45, 7) is 6.20. The summed E-state index contributed by atoms with van der Waals surface area (Å²) >= 11 is 0. The van der Waals surface area contributed by atoms with E-state index in [1.54, 1.807) is 0 Å². The van der Waals surface area contributed by atoms with Gasteiger partial charge in [0.1, 0.15) is 0 Å². The van der Waals surface area contributed by atoms with Gasteiger partial charge in [0, 0.05) is 44.8 Å². The number of nitrogens with zero attached hydrogens (tertiary/aromatic N) is 2. The number of hydrogen-bond donors (Lipinski definition) is 1. The van der Waals surface area contributed by atoms with Crippen LogP contribution in [0.5, 0.6) is 0 Å². The van der Waals surface area contributed by atoms with Crippen LogP contribution in [-0.4, -0.2) is 54.6 Å². The van der Waals surface area contributed by atoms with Gasteiger partial charge in [0.2, 0.25) is 0 Å². The van der Waals surface area contributed by atoms with Crippen molar-refractivity contribution in [3.8, 4) is 0 Å². The summed E-state index contributed by atoms with van der Waals surface area (Å²) in [5, 5.41) is 0. The first-order valence-corrected chi connectivity index (χ1v) is 7.55. The van der Waals surface area contributed by atoms with Gasteiger partial charge in [0.15, 0.2) is 0 Å². The Bertz CT molecular complexity index is 238. The van der Waals surface area contributed by atoms with Gasteiger partial charge in [-0.1, -0.05) is 12.8 Å². The van der Waals surface area contributed by atoms with Crippen LogP contribution >= 0.6 is 0 Å². The number of hydrogen-bond acceptors (Lipinski definition) is 3. The summed E-state index contributed by atoms with van der Waals surface area (Å²) in [7, 11) is 0. The molecule has 1 heterocycles. The third kappa shape index (κ3) is 3.01. The van der Waals surface area contributed by atoms with Crippen molar-refractivity contribution in [1.29, 1.82) is 0 Å². The molecule has 3 nitrogen and oxygen atoms in total. The summed E-state index contributed by atoms with van der Waals surface area (Å²) < 4.78 is 0. The highest BCUT2D eigenvalue weighted by atomic mass is 15.3. The molecule has 1 unspecified atom stereocenters. The lowest BCUT2D eigenvalue weighted by Gasteiger charge is -2.38. The van der Waals surface area contributed by atoms with E-state index in [1.165, 1.54) is 64.7 Å². The first-order chi connectivity index (χ1) is 8.33. The minimum absolute atomic E-state index is 0.452. The second-order valence-electron chi connectivity index (χ2n) is 6.28. The van der Waals surface area contributed by atoms with Crippen molar-refractivity contribution < 1.29 is 0 Å². The molecule has 1 saturated heterocycles. The Labute approximate surface area is 105 Å². The van der Waals surface area contributed by atoms with E-state index in [0.717, 1.165) is 18.5 Å². The highest BCUT2D eigenvalue weighted by molar-refractivity contribution is 4.88. The molecule has 3 fully saturated rings. The van der Waals surface area contributed by atoms with Crippen molar-refractivity contribution in [1.82, 2.24) is 9.80 Å². The third-order valence-corrected chi connectivity index (χ3v) is 4.94. The molecule has 0 spiro atoms. The van der Waals surface area contributed by atoms with Gasteiger partial charge in [-0.3, -0.25) is 9.80 Å². The van der Waals surface area contributed by atoms with Gasteiger partial charge in [-0.25, -0.2) is 0 Å². The molecule has 1 atom stereocenters. The van der Waals surface area contributed by atoms with Crippen LogP contribution in [0, 0.1) is 5.92 Å². The summed E-state index contributed by atoms with van der Waals surface area (Å²) in [4.78, 5) is 5.32. The van der Waals surface area contributed by atoms with Gasteiger partial charge in [0.05, 0.1) is 0 Å². The van der Waals surface area contributed by atoms with Crippen molar-refractivity contribution in [2.24, 2.45) is 11.7 Å². The van der Waals surface area contributed by atoms with Crippen LogP contribution in [0.1, 0.15) is 38.5 Å². The van der Waals surface area contributed by atoms with Gasteiger partial charge in [0.25, 0.3) is 0 Å². The fourth-order valence-corrected chi connectivity index (χ4v) is 3.55. The van der Waals surface area contributed by atoms with Gasteiger partial charge < -0.3 is 5.73 Å². The normalized spacial score (nSPS) is 30.9. The van der Waals surface area contributed by atoms with E-state index in [0.29, 0.717) is 6.04 Å². The van der Waals surface area contributed by atoms with Crippen molar-refractivity contribution in [3.05, 3.63) is 0 Å². The van der Waals surface area contributed by atoms with E-state index in [9.17, 15) is 0 Å². The zero-order chi connectivity index (χ0) is 11.7. The Balaban J connectivity index is 1.40. The highest BCUT2D eigenvalue weighted by Gasteiger charge is 2.31. The Hall–Kier alpha value is -0.120. The van der Waals surface area contributed by atoms with Crippen LogP contribution in [-0.2, 0) is 0 Å². The van der Waals surface area contributed by atoms with E-state index in [-0.39, 0.29) is 0 Å². The smallest absolute Gasteiger partial charge is 0.0196 e. The average Bonchev–Trinajstić information content (AvgIpc) is 3.07. The van der Waals surface area contributed by atoms with E-state index in [1.807, 2.05) is 0 Å². The molecule has 2 saturated carbocycles. The average molecular weight is 237 g/mol. The minimum Gasteiger partial charge on any atom is -0.326 e. The molecule has 3 aliphatic rings. The summed E-state index contributed by atoms with van der Waals surface area (Å²) in [5.41, 5.74) is 6.21. The Kier molecular flexibility index (Phi) is 3.69. The monoisotopic (exact) mass is 237 g/mol. The maximum Gasteiger partial charge on any atom is 0.0196 e. The van der Waals surface area contributed by atoms with E-state index in [2.05, 4.69) is 9.80 Å². The molecule has 0 aromatic carbocycles. The number of rotatable bonds is 4. The van der Waals surface area contributed by atoms with Crippen LogP contribution in [0.15, 0.2) is 0 Å². The molecule has 98 valence electrons. The lowest BCUT2D eigenvalue weighted by molar-refractivity contribution is 0.0927. The molecule has 0 radical (unpaired) electrons. The zero-order valence-corrected chi connectivity index (χ0v) is 11.0. The van der Waals surface area contributed by atoms with Crippen molar-refractivity contribution in [2.75, 3.05) is 32.7 Å².